The number of hydrogen-bond donors (Lipinski definition) is 2. The van der Waals surface area contributed by atoms with Crippen LogP contribution in [0, 0.1) is 0 Å². The zero-order valence-electron chi connectivity index (χ0n) is 10.4. The van der Waals surface area contributed by atoms with Gasteiger partial charge in [0.25, 0.3) is 0 Å². The van der Waals surface area contributed by atoms with Gasteiger partial charge < -0.3 is 4.74 Å². The van der Waals surface area contributed by atoms with Crippen LogP contribution in [0.2, 0.25) is 5.02 Å². The maximum absolute atomic E-state index is 6.00. The fourth-order valence-electron chi connectivity index (χ4n) is 1.96. The first-order chi connectivity index (χ1) is 8.22. The van der Waals surface area contributed by atoms with E-state index in [9.17, 15) is 0 Å². The minimum Gasteiger partial charge on any atom is -0.376 e. The smallest absolute Gasteiger partial charge is 0.0782 e. The Morgan fingerprint density at radius 2 is 2.18 bits per heavy atom. The maximum atomic E-state index is 6.00. The first kappa shape index (κ1) is 14.5. The molecule has 2 unspecified atom stereocenters. The largest absolute Gasteiger partial charge is 0.376 e. The summed E-state index contributed by atoms with van der Waals surface area (Å²) in [6.07, 6.45) is 2.10. The Labute approximate surface area is 108 Å². The summed E-state index contributed by atoms with van der Waals surface area (Å²) in [5.74, 6) is 5.64. The molecule has 0 aliphatic rings. The van der Waals surface area contributed by atoms with Crippen molar-refractivity contribution < 1.29 is 4.74 Å². The van der Waals surface area contributed by atoms with Crippen molar-refractivity contribution in [2.45, 2.75) is 38.8 Å². The molecule has 3 N–H and O–H groups in total. The number of hydrogen-bond acceptors (Lipinski definition) is 3. The van der Waals surface area contributed by atoms with Gasteiger partial charge >= 0.3 is 0 Å². The highest BCUT2D eigenvalue weighted by Crippen LogP contribution is 2.24. The van der Waals surface area contributed by atoms with Crippen LogP contribution < -0.4 is 11.3 Å². The van der Waals surface area contributed by atoms with Gasteiger partial charge in [-0.1, -0.05) is 37.1 Å². The molecule has 0 saturated heterocycles. The van der Waals surface area contributed by atoms with E-state index in [4.69, 9.17) is 22.2 Å². The molecule has 0 aromatic heterocycles. The second-order valence-corrected chi connectivity index (χ2v) is 4.42. The standard InChI is InChI=1S/C13H21ClN2O/c1-3-6-12(17-4-2)13(16-15)10-7-5-8-11(14)9-10/h5,7-9,12-13,16H,3-4,6,15H2,1-2H3. The van der Waals surface area contributed by atoms with E-state index >= 15 is 0 Å². The van der Waals surface area contributed by atoms with Crippen molar-refractivity contribution in [3.63, 3.8) is 0 Å². The summed E-state index contributed by atoms with van der Waals surface area (Å²) in [6.45, 7) is 4.81. The lowest BCUT2D eigenvalue weighted by atomic mass is 9.99. The van der Waals surface area contributed by atoms with Gasteiger partial charge in [0.15, 0.2) is 0 Å². The van der Waals surface area contributed by atoms with E-state index in [2.05, 4.69) is 12.3 Å². The normalized spacial score (nSPS) is 14.6. The molecule has 96 valence electrons. The van der Waals surface area contributed by atoms with Crippen molar-refractivity contribution in [3.8, 4) is 0 Å². The van der Waals surface area contributed by atoms with Crippen molar-refractivity contribution in [2.75, 3.05) is 6.61 Å². The Balaban J connectivity index is 2.87. The summed E-state index contributed by atoms with van der Waals surface area (Å²) in [7, 11) is 0. The Kier molecular flexibility index (Phi) is 6.52. The molecule has 1 aromatic carbocycles. The fourth-order valence-corrected chi connectivity index (χ4v) is 2.16. The molecule has 1 aromatic rings. The molecule has 0 radical (unpaired) electrons. The topological polar surface area (TPSA) is 47.3 Å². The molecule has 0 saturated carbocycles. The van der Waals surface area contributed by atoms with Crippen LogP contribution in [0.25, 0.3) is 0 Å². The Hall–Kier alpha value is -0.610. The van der Waals surface area contributed by atoms with E-state index < -0.39 is 0 Å². The lowest BCUT2D eigenvalue weighted by molar-refractivity contribution is 0.0276. The Morgan fingerprint density at radius 1 is 1.41 bits per heavy atom. The number of nitrogens with two attached hydrogens (primary N) is 1. The first-order valence-electron chi connectivity index (χ1n) is 6.06. The van der Waals surface area contributed by atoms with Gasteiger partial charge in [-0.3, -0.25) is 11.3 Å². The molecule has 0 aliphatic heterocycles. The summed E-state index contributed by atoms with van der Waals surface area (Å²) in [5, 5.41) is 0.717. The van der Waals surface area contributed by atoms with Gasteiger partial charge in [0.05, 0.1) is 12.1 Å². The monoisotopic (exact) mass is 256 g/mol. The molecule has 0 spiro atoms. The van der Waals surface area contributed by atoms with Crippen LogP contribution in [0.5, 0.6) is 0 Å². The average Bonchev–Trinajstić information content (AvgIpc) is 2.31. The minimum atomic E-state index is -0.0198. The number of halogens is 1. The van der Waals surface area contributed by atoms with Gasteiger partial charge in [-0.25, -0.2) is 0 Å². The van der Waals surface area contributed by atoms with Crippen molar-refractivity contribution in [3.05, 3.63) is 34.9 Å². The van der Waals surface area contributed by atoms with Crippen LogP contribution in [0.3, 0.4) is 0 Å². The third kappa shape index (κ3) is 4.28. The second-order valence-electron chi connectivity index (χ2n) is 3.98. The summed E-state index contributed by atoms with van der Waals surface area (Å²) < 4.78 is 5.74. The quantitative estimate of drug-likeness (QED) is 0.582. The van der Waals surface area contributed by atoms with E-state index in [-0.39, 0.29) is 12.1 Å². The van der Waals surface area contributed by atoms with Gasteiger partial charge in [0, 0.05) is 11.6 Å². The Morgan fingerprint density at radius 3 is 2.71 bits per heavy atom. The molecule has 17 heavy (non-hydrogen) atoms. The fraction of sp³-hybridized carbons (Fsp3) is 0.538. The van der Waals surface area contributed by atoms with Gasteiger partial charge in [-0.15, -0.1) is 0 Å². The highest BCUT2D eigenvalue weighted by Gasteiger charge is 2.21. The molecule has 0 bridgehead atoms. The van der Waals surface area contributed by atoms with Crippen LogP contribution in [0.1, 0.15) is 38.3 Å². The van der Waals surface area contributed by atoms with E-state index in [0.29, 0.717) is 6.61 Å². The maximum Gasteiger partial charge on any atom is 0.0782 e. The number of benzene rings is 1. The predicted octanol–water partition coefficient (Wildman–Crippen LogP) is 3.05. The molecule has 2 atom stereocenters. The lowest BCUT2D eigenvalue weighted by Crippen LogP contribution is -2.38. The first-order valence-corrected chi connectivity index (χ1v) is 6.43. The third-order valence-electron chi connectivity index (χ3n) is 2.71. The molecule has 1 rings (SSSR count). The number of rotatable bonds is 7. The number of hydrazine groups is 1. The lowest BCUT2D eigenvalue weighted by Gasteiger charge is -2.26. The SMILES string of the molecule is CCCC(OCC)C(NN)c1cccc(Cl)c1. The van der Waals surface area contributed by atoms with Crippen molar-refractivity contribution >= 4 is 11.6 Å². The summed E-state index contributed by atoms with van der Waals surface area (Å²) in [4.78, 5) is 0. The minimum absolute atomic E-state index is 0.0198. The summed E-state index contributed by atoms with van der Waals surface area (Å²) in [6, 6.07) is 7.70. The molecule has 3 nitrogen and oxygen atoms in total. The summed E-state index contributed by atoms with van der Waals surface area (Å²) in [5.41, 5.74) is 3.89. The van der Waals surface area contributed by atoms with E-state index in [1.54, 1.807) is 0 Å². The van der Waals surface area contributed by atoms with Gasteiger partial charge in [0.2, 0.25) is 0 Å². The summed E-state index contributed by atoms with van der Waals surface area (Å²) >= 11 is 6.00. The number of ether oxygens (including phenoxy) is 1. The molecule has 4 heteroatoms. The molecule has 0 heterocycles. The number of nitrogens with one attached hydrogen (secondary N) is 1. The van der Waals surface area contributed by atoms with Crippen LogP contribution in [0.4, 0.5) is 0 Å². The van der Waals surface area contributed by atoms with Crippen molar-refractivity contribution in [2.24, 2.45) is 5.84 Å². The van der Waals surface area contributed by atoms with Crippen LogP contribution in [-0.2, 0) is 4.74 Å². The molecule has 0 amide bonds. The van der Waals surface area contributed by atoms with E-state index in [1.807, 2.05) is 31.2 Å². The highest BCUT2D eigenvalue weighted by atomic mass is 35.5. The highest BCUT2D eigenvalue weighted by molar-refractivity contribution is 6.30. The van der Waals surface area contributed by atoms with Crippen LogP contribution in [0.15, 0.2) is 24.3 Å². The zero-order valence-corrected chi connectivity index (χ0v) is 11.2. The van der Waals surface area contributed by atoms with Gasteiger partial charge in [-0.05, 0) is 31.0 Å². The second kappa shape index (κ2) is 7.67. The van der Waals surface area contributed by atoms with E-state index in [1.165, 1.54) is 0 Å². The van der Waals surface area contributed by atoms with Crippen LogP contribution in [-0.4, -0.2) is 12.7 Å². The predicted molar refractivity (Wildman–Crippen MR) is 71.8 cm³/mol. The van der Waals surface area contributed by atoms with Gasteiger partial charge in [0.1, 0.15) is 0 Å². The third-order valence-corrected chi connectivity index (χ3v) is 2.95. The Bertz CT molecular complexity index is 327. The average molecular weight is 257 g/mol. The van der Waals surface area contributed by atoms with Crippen molar-refractivity contribution in [1.82, 2.24) is 5.43 Å². The van der Waals surface area contributed by atoms with Crippen LogP contribution >= 0.6 is 11.6 Å². The zero-order chi connectivity index (χ0) is 12.7. The van der Waals surface area contributed by atoms with Gasteiger partial charge in [-0.2, -0.15) is 0 Å². The molecule has 0 aliphatic carbocycles. The van der Waals surface area contributed by atoms with E-state index in [0.717, 1.165) is 23.4 Å². The molecular weight excluding hydrogens is 236 g/mol. The van der Waals surface area contributed by atoms with Crippen molar-refractivity contribution in [1.29, 1.82) is 0 Å². The molecule has 0 fully saturated rings. The molecular formula is C13H21ClN2O.